The van der Waals surface area contributed by atoms with E-state index in [0.29, 0.717) is 29.5 Å². The summed E-state index contributed by atoms with van der Waals surface area (Å²) in [5.74, 6) is 1.00. The molecule has 0 aromatic heterocycles. The minimum atomic E-state index is -0.118. The van der Waals surface area contributed by atoms with Gasteiger partial charge in [-0.25, -0.2) is 0 Å². The molecular weight excluding hydrogens is 214 g/mol. The van der Waals surface area contributed by atoms with Gasteiger partial charge in [-0.05, 0) is 30.4 Å². The zero-order valence-corrected chi connectivity index (χ0v) is 9.85. The summed E-state index contributed by atoms with van der Waals surface area (Å²) >= 11 is 0. The first-order valence-electron chi connectivity index (χ1n) is 6.17. The van der Waals surface area contributed by atoms with E-state index in [9.17, 15) is 9.59 Å². The fraction of sp³-hybridized carbons (Fsp3) is 0.429. The van der Waals surface area contributed by atoms with Crippen molar-refractivity contribution in [3.05, 3.63) is 35.4 Å². The molecule has 1 fully saturated rings. The van der Waals surface area contributed by atoms with Crippen LogP contribution in [0.1, 0.15) is 40.5 Å². The predicted octanol–water partition coefficient (Wildman–Crippen LogP) is 2.33. The van der Waals surface area contributed by atoms with Gasteiger partial charge in [0.25, 0.3) is 11.8 Å². The van der Waals surface area contributed by atoms with Gasteiger partial charge >= 0.3 is 0 Å². The third-order valence-electron chi connectivity index (χ3n) is 3.89. The number of imide groups is 1. The van der Waals surface area contributed by atoms with Gasteiger partial charge in [0.2, 0.25) is 0 Å². The molecule has 0 unspecified atom stereocenters. The van der Waals surface area contributed by atoms with Crippen LogP contribution in [-0.4, -0.2) is 23.3 Å². The van der Waals surface area contributed by atoms with Crippen molar-refractivity contribution < 1.29 is 9.59 Å². The van der Waals surface area contributed by atoms with E-state index >= 15 is 0 Å². The Hall–Kier alpha value is -1.64. The standard InChI is InChI=1S/C14H15NO2/c1-2-9-7-10(9)8-15-13(16)11-5-3-4-6-12(11)14(15)17/h3-6,9-10H,2,7-8H2,1H3/t9-,10+/m1/s1. The third-order valence-corrected chi connectivity index (χ3v) is 3.89. The number of hydrogen-bond donors (Lipinski definition) is 0. The summed E-state index contributed by atoms with van der Waals surface area (Å²) in [7, 11) is 0. The third kappa shape index (κ3) is 1.57. The summed E-state index contributed by atoms with van der Waals surface area (Å²) in [5.41, 5.74) is 1.12. The van der Waals surface area contributed by atoms with Crippen molar-refractivity contribution in [1.29, 1.82) is 0 Å². The maximum absolute atomic E-state index is 12.1. The van der Waals surface area contributed by atoms with Gasteiger partial charge in [0.1, 0.15) is 0 Å². The van der Waals surface area contributed by atoms with Crippen LogP contribution in [0.25, 0.3) is 0 Å². The molecule has 0 spiro atoms. The van der Waals surface area contributed by atoms with Gasteiger partial charge < -0.3 is 0 Å². The molecule has 3 nitrogen and oxygen atoms in total. The van der Waals surface area contributed by atoms with E-state index in [4.69, 9.17) is 0 Å². The SMILES string of the molecule is CC[C@@H]1C[C@H]1CN1C(=O)c2ccccc2C1=O. The molecule has 1 aromatic carbocycles. The van der Waals surface area contributed by atoms with Crippen molar-refractivity contribution in [2.75, 3.05) is 6.54 Å². The summed E-state index contributed by atoms with van der Waals surface area (Å²) in [5, 5.41) is 0. The quantitative estimate of drug-likeness (QED) is 0.746. The summed E-state index contributed by atoms with van der Waals surface area (Å²) in [6.07, 6.45) is 2.30. The molecule has 0 bridgehead atoms. The highest BCUT2D eigenvalue weighted by Gasteiger charge is 2.42. The van der Waals surface area contributed by atoms with Crippen LogP contribution in [0.3, 0.4) is 0 Å². The fourth-order valence-electron chi connectivity index (χ4n) is 2.67. The molecule has 0 saturated heterocycles. The van der Waals surface area contributed by atoms with Crippen LogP contribution < -0.4 is 0 Å². The van der Waals surface area contributed by atoms with Crippen LogP contribution >= 0.6 is 0 Å². The number of carbonyl (C=O) groups excluding carboxylic acids is 2. The number of fused-ring (bicyclic) bond motifs is 1. The van der Waals surface area contributed by atoms with Crippen molar-refractivity contribution >= 4 is 11.8 Å². The van der Waals surface area contributed by atoms with Gasteiger partial charge in [0, 0.05) is 6.54 Å². The Morgan fingerprint density at radius 2 is 1.71 bits per heavy atom. The van der Waals surface area contributed by atoms with Crippen molar-refractivity contribution in [2.45, 2.75) is 19.8 Å². The molecule has 2 aliphatic rings. The van der Waals surface area contributed by atoms with Crippen LogP contribution in [0.5, 0.6) is 0 Å². The average Bonchev–Trinajstić information content (AvgIpc) is 3.08. The van der Waals surface area contributed by atoms with Gasteiger partial charge in [-0.15, -0.1) is 0 Å². The highest BCUT2D eigenvalue weighted by molar-refractivity contribution is 6.21. The lowest BCUT2D eigenvalue weighted by Crippen LogP contribution is -2.32. The maximum Gasteiger partial charge on any atom is 0.261 e. The Morgan fingerprint density at radius 1 is 1.12 bits per heavy atom. The number of carbonyl (C=O) groups is 2. The van der Waals surface area contributed by atoms with Crippen molar-refractivity contribution in [2.24, 2.45) is 11.8 Å². The number of benzene rings is 1. The highest BCUT2D eigenvalue weighted by atomic mass is 16.2. The minimum Gasteiger partial charge on any atom is -0.274 e. The van der Waals surface area contributed by atoms with E-state index in [-0.39, 0.29) is 11.8 Å². The number of rotatable bonds is 3. The summed E-state index contributed by atoms with van der Waals surface area (Å²) in [6, 6.07) is 7.08. The number of amides is 2. The monoisotopic (exact) mass is 229 g/mol. The molecule has 1 heterocycles. The first-order chi connectivity index (χ1) is 8.22. The van der Waals surface area contributed by atoms with E-state index in [1.54, 1.807) is 24.3 Å². The molecule has 3 rings (SSSR count). The fourth-order valence-corrected chi connectivity index (χ4v) is 2.67. The molecule has 1 saturated carbocycles. The second-order valence-corrected chi connectivity index (χ2v) is 4.93. The summed E-state index contributed by atoms with van der Waals surface area (Å²) in [4.78, 5) is 25.6. The van der Waals surface area contributed by atoms with Crippen LogP contribution in [0, 0.1) is 11.8 Å². The van der Waals surface area contributed by atoms with Crippen LogP contribution in [-0.2, 0) is 0 Å². The number of hydrogen-bond acceptors (Lipinski definition) is 2. The molecule has 2 amide bonds. The Kier molecular flexibility index (Phi) is 2.28. The van der Waals surface area contributed by atoms with E-state index < -0.39 is 0 Å². The first-order valence-corrected chi connectivity index (χ1v) is 6.17. The lowest BCUT2D eigenvalue weighted by Gasteiger charge is -2.13. The van der Waals surface area contributed by atoms with E-state index in [0.717, 1.165) is 12.8 Å². The Labute approximate surface area is 100 Å². The normalized spacial score (nSPS) is 26.3. The van der Waals surface area contributed by atoms with E-state index in [1.807, 2.05) is 0 Å². The van der Waals surface area contributed by atoms with Crippen LogP contribution in [0.4, 0.5) is 0 Å². The molecule has 0 N–H and O–H groups in total. The molecule has 88 valence electrons. The second-order valence-electron chi connectivity index (χ2n) is 4.93. The van der Waals surface area contributed by atoms with Gasteiger partial charge in [0.05, 0.1) is 11.1 Å². The summed E-state index contributed by atoms with van der Waals surface area (Å²) in [6.45, 7) is 2.76. The Balaban J connectivity index is 1.81. The van der Waals surface area contributed by atoms with Crippen molar-refractivity contribution in [3.63, 3.8) is 0 Å². The van der Waals surface area contributed by atoms with Crippen LogP contribution in [0.2, 0.25) is 0 Å². The average molecular weight is 229 g/mol. The van der Waals surface area contributed by atoms with E-state index in [1.165, 1.54) is 4.90 Å². The highest BCUT2D eigenvalue weighted by Crippen LogP contribution is 2.42. The molecule has 1 aliphatic carbocycles. The molecule has 1 aliphatic heterocycles. The predicted molar refractivity (Wildman–Crippen MR) is 63.7 cm³/mol. The summed E-state index contributed by atoms with van der Waals surface area (Å²) < 4.78 is 0. The van der Waals surface area contributed by atoms with Gasteiger partial charge in [-0.3, -0.25) is 14.5 Å². The molecule has 3 heteroatoms. The second kappa shape index (κ2) is 3.69. The van der Waals surface area contributed by atoms with Gasteiger partial charge in [-0.1, -0.05) is 25.5 Å². The Bertz CT molecular complexity index is 460. The lowest BCUT2D eigenvalue weighted by molar-refractivity contribution is 0.0644. The molecule has 17 heavy (non-hydrogen) atoms. The van der Waals surface area contributed by atoms with Gasteiger partial charge in [0.15, 0.2) is 0 Å². The smallest absolute Gasteiger partial charge is 0.261 e. The largest absolute Gasteiger partial charge is 0.274 e. The first kappa shape index (κ1) is 10.5. The maximum atomic E-state index is 12.1. The van der Waals surface area contributed by atoms with Crippen LogP contribution in [0.15, 0.2) is 24.3 Å². The van der Waals surface area contributed by atoms with E-state index in [2.05, 4.69) is 6.92 Å². The van der Waals surface area contributed by atoms with Crippen molar-refractivity contribution in [1.82, 2.24) is 4.90 Å². The molecular formula is C14H15NO2. The zero-order chi connectivity index (χ0) is 12.0. The topological polar surface area (TPSA) is 37.4 Å². The number of nitrogens with zero attached hydrogens (tertiary/aromatic N) is 1. The Morgan fingerprint density at radius 3 is 2.18 bits per heavy atom. The van der Waals surface area contributed by atoms with Gasteiger partial charge in [-0.2, -0.15) is 0 Å². The lowest BCUT2D eigenvalue weighted by atomic mass is 10.1. The van der Waals surface area contributed by atoms with Crippen molar-refractivity contribution in [3.8, 4) is 0 Å². The molecule has 2 atom stereocenters. The molecule has 1 aromatic rings. The zero-order valence-electron chi connectivity index (χ0n) is 9.85. The minimum absolute atomic E-state index is 0.118. The molecule has 0 radical (unpaired) electrons.